The molecule has 0 spiro atoms. The normalized spacial score (nSPS) is 17.6. The fraction of sp³-hybridized carbons (Fsp3) is 0.417. The van der Waals surface area contributed by atoms with Gasteiger partial charge in [0.25, 0.3) is 0 Å². The number of nitrogens with one attached hydrogen (secondary N) is 1. The molecule has 1 fully saturated rings. The molecule has 0 aliphatic heterocycles. The van der Waals surface area contributed by atoms with E-state index in [1.165, 1.54) is 12.1 Å². The second-order valence-corrected chi connectivity index (χ2v) is 6.61. The van der Waals surface area contributed by atoms with Gasteiger partial charge in [-0.1, -0.05) is 0 Å². The Kier molecular flexibility index (Phi) is 3.68. The fourth-order valence-corrected chi connectivity index (χ4v) is 2.75. The first-order chi connectivity index (χ1) is 9.28. The van der Waals surface area contributed by atoms with Crippen molar-refractivity contribution in [3.05, 3.63) is 24.3 Å². The van der Waals surface area contributed by atoms with Crippen LogP contribution in [0.25, 0.3) is 0 Å². The predicted molar refractivity (Wildman–Crippen MR) is 67.5 cm³/mol. The van der Waals surface area contributed by atoms with Gasteiger partial charge in [0.1, 0.15) is 5.54 Å². The van der Waals surface area contributed by atoms with Crippen molar-refractivity contribution < 1.29 is 27.1 Å². The summed E-state index contributed by atoms with van der Waals surface area (Å²) < 4.78 is 47.2. The van der Waals surface area contributed by atoms with Crippen LogP contribution in [0.2, 0.25) is 0 Å². The first-order valence-corrected chi connectivity index (χ1v) is 7.46. The lowest BCUT2D eigenvalue weighted by molar-refractivity contribution is -0.145. The van der Waals surface area contributed by atoms with Crippen molar-refractivity contribution >= 4 is 21.5 Å². The monoisotopic (exact) mass is 305 g/mol. The highest BCUT2D eigenvalue weighted by atomic mass is 32.2. The standard InChI is InChI=1S/C12H13F2NO4S/c13-11(14)20(18,19)9-4-2-8(3-5-9)15-12(10(16)17)6-1-7-12/h2-5,11,15H,1,6-7H2,(H,16,17). The van der Waals surface area contributed by atoms with Crippen molar-refractivity contribution in [2.75, 3.05) is 5.32 Å². The molecule has 0 aromatic heterocycles. The molecule has 0 bridgehead atoms. The minimum absolute atomic E-state index is 0.389. The third kappa shape index (κ3) is 2.47. The number of halogens is 2. The molecule has 0 unspecified atom stereocenters. The minimum atomic E-state index is -4.62. The summed E-state index contributed by atoms with van der Waals surface area (Å²) in [5, 5.41) is 12.0. The quantitative estimate of drug-likeness (QED) is 0.870. The highest BCUT2D eigenvalue weighted by Gasteiger charge is 2.44. The summed E-state index contributed by atoms with van der Waals surface area (Å²) in [6, 6.07) is 4.66. The predicted octanol–water partition coefficient (Wildman–Crippen LogP) is 2.10. The number of carboxylic acids is 1. The molecular formula is C12H13F2NO4S. The van der Waals surface area contributed by atoms with E-state index in [1.807, 2.05) is 0 Å². The molecule has 1 aliphatic carbocycles. The second-order valence-electron chi connectivity index (χ2n) is 4.70. The lowest BCUT2D eigenvalue weighted by atomic mass is 9.76. The maximum absolute atomic E-state index is 12.4. The first kappa shape index (κ1) is 14.7. The summed E-state index contributed by atoms with van der Waals surface area (Å²) in [5.74, 6) is -4.45. The van der Waals surface area contributed by atoms with Crippen molar-refractivity contribution in [3.63, 3.8) is 0 Å². The van der Waals surface area contributed by atoms with Gasteiger partial charge in [0.15, 0.2) is 0 Å². The Morgan fingerprint density at radius 3 is 2.15 bits per heavy atom. The van der Waals surface area contributed by atoms with Crippen LogP contribution in [-0.4, -0.2) is 30.8 Å². The van der Waals surface area contributed by atoms with Crippen LogP contribution in [0, 0.1) is 0 Å². The average molecular weight is 305 g/mol. The SMILES string of the molecule is O=C(O)C1(Nc2ccc(S(=O)(=O)C(F)F)cc2)CCC1. The molecule has 0 saturated heterocycles. The van der Waals surface area contributed by atoms with E-state index in [1.54, 1.807) is 0 Å². The van der Waals surface area contributed by atoms with Crippen LogP contribution in [0.4, 0.5) is 14.5 Å². The summed E-state index contributed by atoms with van der Waals surface area (Å²) in [6.45, 7) is 0. The van der Waals surface area contributed by atoms with E-state index in [0.29, 0.717) is 18.5 Å². The van der Waals surface area contributed by atoms with Crippen LogP contribution in [0.15, 0.2) is 29.2 Å². The van der Waals surface area contributed by atoms with Gasteiger partial charge in [0, 0.05) is 5.69 Å². The van der Waals surface area contributed by atoms with E-state index in [2.05, 4.69) is 5.32 Å². The van der Waals surface area contributed by atoms with Crippen LogP contribution in [0.3, 0.4) is 0 Å². The van der Waals surface area contributed by atoms with Gasteiger partial charge in [0.2, 0.25) is 9.84 Å². The largest absolute Gasteiger partial charge is 0.480 e. The Morgan fingerprint density at radius 2 is 1.80 bits per heavy atom. The maximum atomic E-state index is 12.4. The molecular weight excluding hydrogens is 292 g/mol. The number of rotatable bonds is 5. The summed E-state index contributed by atoms with van der Waals surface area (Å²) >= 11 is 0. The number of anilines is 1. The first-order valence-electron chi connectivity index (χ1n) is 5.92. The van der Waals surface area contributed by atoms with Crippen molar-refractivity contribution in [1.29, 1.82) is 0 Å². The third-order valence-electron chi connectivity index (χ3n) is 3.42. The number of benzene rings is 1. The number of hydrogen-bond donors (Lipinski definition) is 2. The van der Waals surface area contributed by atoms with E-state index >= 15 is 0 Å². The van der Waals surface area contributed by atoms with Gasteiger partial charge in [-0.15, -0.1) is 0 Å². The molecule has 0 amide bonds. The number of carbonyl (C=O) groups is 1. The van der Waals surface area contributed by atoms with E-state index in [9.17, 15) is 22.0 Å². The number of carboxylic acid groups (broad SMARTS) is 1. The Labute approximate surface area is 114 Å². The zero-order chi connectivity index (χ0) is 15.0. The van der Waals surface area contributed by atoms with Gasteiger partial charge in [-0.05, 0) is 43.5 Å². The Balaban J connectivity index is 2.19. The molecule has 1 aliphatic rings. The molecule has 1 aromatic rings. The second kappa shape index (κ2) is 5.01. The van der Waals surface area contributed by atoms with Crippen LogP contribution in [0.5, 0.6) is 0 Å². The maximum Gasteiger partial charge on any atom is 0.341 e. The van der Waals surface area contributed by atoms with Crippen LogP contribution < -0.4 is 5.32 Å². The molecule has 2 rings (SSSR count). The topological polar surface area (TPSA) is 83.5 Å². The lowest BCUT2D eigenvalue weighted by Crippen LogP contribution is -2.52. The molecule has 20 heavy (non-hydrogen) atoms. The van der Waals surface area contributed by atoms with Crippen molar-refractivity contribution in [3.8, 4) is 0 Å². The van der Waals surface area contributed by atoms with E-state index in [4.69, 9.17) is 5.11 Å². The smallest absolute Gasteiger partial charge is 0.341 e. The van der Waals surface area contributed by atoms with Crippen LogP contribution >= 0.6 is 0 Å². The van der Waals surface area contributed by atoms with Gasteiger partial charge in [-0.25, -0.2) is 13.2 Å². The summed E-state index contributed by atoms with van der Waals surface area (Å²) in [5.41, 5.74) is -0.649. The molecule has 1 saturated carbocycles. The van der Waals surface area contributed by atoms with Gasteiger partial charge in [-0.3, -0.25) is 0 Å². The van der Waals surface area contributed by atoms with Crippen molar-refractivity contribution in [2.45, 2.75) is 35.5 Å². The van der Waals surface area contributed by atoms with E-state index in [-0.39, 0.29) is 0 Å². The zero-order valence-electron chi connectivity index (χ0n) is 10.3. The number of alkyl halides is 2. The van der Waals surface area contributed by atoms with Gasteiger partial charge < -0.3 is 10.4 Å². The minimum Gasteiger partial charge on any atom is -0.480 e. The van der Waals surface area contributed by atoms with Crippen molar-refractivity contribution in [1.82, 2.24) is 0 Å². The van der Waals surface area contributed by atoms with E-state index < -0.39 is 32.0 Å². The van der Waals surface area contributed by atoms with Gasteiger partial charge in [-0.2, -0.15) is 8.78 Å². The molecule has 8 heteroatoms. The molecule has 0 radical (unpaired) electrons. The summed E-state index contributed by atoms with van der Waals surface area (Å²) in [4.78, 5) is 10.7. The highest BCUT2D eigenvalue weighted by molar-refractivity contribution is 7.91. The number of sulfone groups is 1. The van der Waals surface area contributed by atoms with Gasteiger partial charge >= 0.3 is 11.7 Å². The average Bonchev–Trinajstić information content (AvgIpc) is 2.33. The molecule has 1 aromatic carbocycles. The summed E-state index contributed by atoms with van der Waals surface area (Å²) in [7, 11) is -4.62. The Hall–Kier alpha value is -1.70. The van der Waals surface area contributed by atoms with E-state index in [0.717, 1.165) is 18.6 Å². The number of aliphatic carboxylic acids is 1. The third-order valence-corrected chi connectivity index (χ3v) is 4.82. The zero-order valence-corrected chi connectivity index (χ0v) is 11.2. The Morgan fingerprint density at radius 1 is 1.25 bits per heavy atom. The molecule has 110 valence electrons. The Bertz CT molecular complexity index is 609. The summed E-state index contributed by atoms with van der Waals surface area (Å²) in [6.07, 6.45) is 1.73. The fourth-order valence-electron chi connectivity index (χ4n) is 2.03. The van der Waals surface area contributed by atoms with Crippen LogP contribution in [0.1, 0.15) is 19.3 Å². The lowest BCUT2D eigenvalue weighted by Gasteiger charge is -2.39. The molecule has 0 atom stereocenters. The number of hydrogen-bond acceptors (Lipinski definition) is 4. The van der Waals surface area contributed by atoms with Gasteiger partial charge in [0.05, 0.1) is 4.90 Å². The van der Waals surface area contributed by atoms with Crippen LogP contribution in [-0.2, 0) is 14.6 Å². The highest BCUT2D eigenvalue weighted by Crippen LogP contribution is 2.35. The van der Waals surface area contributed by atoms with Crippen molar-refractivity contribution in [2.24, 2.45) is 0 Å². The molecule has 2 N–H and O–H groups in total. The molecule has 0 heterocycles. The molecule has 5 nitrogen and oxygen atoms in total.